The summed E-state index contributed by atoms with van der Waals surface area (Å²) in [7, 11) is 1.41. The van der Waals surface area contributed by atoms with Crippen molar-refractivity contribution in [3.05, 3.63) is 142 Å². The molecule has 7 N–H and O–H groups in total. The standard InChI is InChI=1S/C63H85N9O7Si/c1-39(64-6)56(73)69-52(61(78)72-38-80(8,9)37-54(72)60(77)68-51-23-15-19-45-17-11-13-21-49(45)51)34-43-28-26-41(27-29-43)24-25-42-30-32-46(33-31-42)58(75)66-47-35-53(59(76)67-50-22-14-18-44-16-10-12-20-48(44)50)71(36-47)62(79)55(63(3,4)5)70-57(74)40(2)65-7/h10-13,16-17,20-21,26-33,39-40,47,50-55,64-65H,14-15,18-19,22-25,34-38H2,1-9H3,(H,66,75)(H,67,76)(H,68,77)(H,69,73)(H,70,74)/t39?,40?,47-,50+,51+,52?,53-,54?,55?/m0/s1. The molecule has 0 radical (unpaired) electrons. The number of nitrogens with zero attached hydrogens (tertiary/aromatic N) is 2. The van der Waals surface area contributed by atoms with E-state index in [1.165, 1.54) is 16.0 Å². The van der Waals surface area contributed by atoms with E-state index in [4.69, 9.17) is 0 Å². The predicted octanol–water partition coefficient (Wildman–Crippen LogP) is 5.79. The Bertz CT molecular complexity index is 2890. The molecule has 0 aromatic heterocycles. The van der Waals surface area contributed by atoms with Crippen molar-refractivity contribution < 1.29 is 33.6 Å². The molecule has 2 heterocycles. The summed E-state index contributed by atoms with van der Waals surface area (Å²) in [6.45, 7) is 13.6. The second-order valence-electron chi connectivity index (χ2n) is 24.7. The molecule has 16 nitrogen and oxygen atoms in total. The van der Waals surface area contributed by atoms with E-state index in [1.54, 1.807) is 45.0 Å². The van der Waals surface area contributed by atoms with Gasteiger partial charge in [0.1, 0.15) is 24.2 Å². The van der Waals surface area contributed by atoms with Gasteiger partial charge >= 0.3 is 0 Å². The van der Waals surface area contributed by atoms with Crippen molar-refractivity contribution in [2.24, 2.45) is 5.41 Å². The Morgan fingerprint density at radius 2 is 1.11 bits per heavy atom. The lowest BCUT2D eigenvalue weighted by molar-refractivity contribution is -0.144. The molecule has 17 heteroatoms. The molecule has 428 valence electrons. The SMILES string of the molecule is CNC(C)C(=O)NC(Cc1ccc(CCc2ccc(C(=O)N[C@H]3C[C@@H](C(=O)N[C@@H]4CCCc5ccccc54)N(C(=O)C(NC(=O)C(C)NC)C(C)(C)C)C3)cc2)cc1)C(=O)N1C[Si](C)(C)CC1C(=O)N[C@@H]1CCCc2ccccc21. The van der Waals surface area contributed by atoms with E-state index in [0.717, 1.165) is 66.3 Å². The van der Waals surface area contributed by atoms with Crippen molar-refractivity contribution in [2.45, 2.75) is 172 Å². The first kappa shape index (κ1) is 59.4. The van der Waals surface area contributed by atoms with Gasteiger partial charge in [0.05, 0.1) is 32.2 Å². The van der Waals surface area contributed by atoms with Crippen LogP contribution >= 0.6 is 0 Å². The van der Waals surface area contributed by atoms with E-state index < -0.39 is 55.8 Å². The van der Waals surface area contributed by atoms with Gasteiger partial charge in [0, 0.05) is 30.7 Å². The third kappa shape index (κ3) is 14.4. The number of benzene rings is 4. The first-order valence-electron chi connectivity index (χ1n) is 28.9. The fraction of sp³-hybridized carbons (Fsp3) is 0.508. The van der Waals surface area contributed by atoms with Gasteiger partial charge in [0.2, 0.25) is 35.4 Å². The maximum absolute atomic E-state index is 14.7. The number of likely N-dealkylation sites (tertiary alicyclic amines) is 1. The number of carbonyl (C=O) groups excluding carboxylic acids is 7. The number of aryl methyl sites for hydroxylation is 4. The molecule has 80 heavy (non-hydrogen) atoms. The lowest BCUT2D eigenvalue weighted by Gasteiger charge is -2.36. The van der Waals surface area contributed by atoms with Crippen LogP contribution in [0.3, 0.4) is 0 Å². The van der Waals surface area contributed by atoms with Crippen LogP contribution in [0.25, 0.3) is 0 Å². The van der Waals surface area contributed by atoms with Crippen LogP contribution in [0.2, 0.25) is 19.1 Å². The number of likely N-dealkylation sites (N-methyl/N-ethyl adjacent to an activating group) is 2. The van der Waals surface area contributed by atoms with Crippen molar-refractivity contribution in [1.82, 2.24) is 47.0 Å². The average Bonchev–Trinajstić information content (AvgIpc) is 4.10. The van der Waals surface area contributed by atoms with E-state index in [2.05, 4.69) is 68.5 Å². The van der Waals surface area contributed by atoms with Crippen LogP contribution < -0.4 is 37.2 Å². The molecule has 2 saturated heterocycles. The van der Waals surface area contributed by atoms with Crippen molar-refractivity contribution >= 4 is 49.4 Å². The molecule has 2 aliphatic heterocycles. The molecule has 7 amide bonds. The molecular weight excluding hydrogens is 1020 g/mol. The zero-order valence-electron chi connectivity index (χ0n) is 48.4. The minimum absolute atomic E-state index is 0.0971. The van der Waals surface area contributed by atoms with Gasteiger partial charge in [-0.2, -0.15) is 0 Å². The molecule has 2 aliphatic carbocycles. The Kier molecular flexibility index (Phi) is 19.2. The summed E-state index contributed by atoms with van der Waals surface area (Å²) in [6.07, 6.45) is 7.87. The lowest BCUT2D eigenvalue weighted by atomic mass is 9.85. The van der Waals surface area contributed by atoms with Gasteiger partial charge in [-0.25, -0.2) is 0 Å². The quantitative estimate of drug-likeness (QED) is 0.0566. The van der Waals surface area contributed by atoms with Crippen LogP contribution in [0.1, 0.15) is 128 Å². The molecule has 4 aromatic carbocycles. The van der Waals surface area contributed by atoms with Crippen LogP contribution in [-0.2, 0) is 60.9 Å². The second kappa shape index (κ2) is 25.8. The third-order valence-electron chi connectivity index (χ3n) is 16.9. The molecule has 0 saturated carbocycles. The van der Waals surface area contributed by atoms with Gasteiger partial charge in [0.15, 0.2) is 0 Å². The molecule has 2 fully saturated rings. The van der Waals surface area contributed by atoms with Gasteiger partial charge in [0.25, 0.3) is 5.91 Å². The summed E-state index contributed by atoms with van der Waals surface area (Å²) < 4.78 is 0. The maximum atomic E-state index is 14.7. The van der Waals surface area contributed by atoms with E-state index in [0.29, 0.717) is 30.6 Å². The number of carbonyl (C=O) groups is 7. The number of hydrogen-bond acceptors (Lipinski definition) is 9. The number of hydrogen-bond donors (Lipinski definition) is 7. The third-order valence-corrected chi connectivity index (χ3v) is 19.6. The number of fused-ring (bicyclic) bond motifs is 2. The monoisotopic (exact) mass is 1110 g/mol. The highest BCUT2D eigenvalue weighted by Crippen LogP contribution is 2.34. The number of nitrogens with one attached hydrogen (secondary N) is 7. The first-order valence-corrected chi connectivity index (χ1v) is 32.3. The van der Waals surface area contributed by atoms with Crippen LogP contribution in [0, 0.1) is 5.41 Å². The Morgan fingerprint density at radius 3 is 1.65 bits per heavy atom. The van der Waals surface area contributed by atoms with Crippen LogP contribution in [-0.4, -0.2) is 128 Å². The van der Waals surface area contributed by atoms with E-state index >= 15 is 0 Å². The summed E-state index contributed by atoms with van der Waals surface area (Å²) >= 11 is 0. The highest BCUT2D eigenvalue weighted by atomic mass is 28.3. The Balaban J connectivity index is 0.899. The minimum Gasteiger partial charge on any atom is -0.348 e. The average molecular weight is 1110 g/mol. The van der Waals surface area contributed by atoms with Crippen LogP contribution in [0.4, 0.5) is 0 Å². The van der Waals surface area contributed by atoms with Gasteiger partial charge in [-0.15, -0.1) is 0 Å². The topological polar surface area (TPSA) is 210 Å². The Hall–Kier alpha value is -6.69. The lowest BCUT2D eigenvalue weighted by Crippen LogP contribution is -2.59. The van der Waals surface area contributed by atoms with Crippen molar-refractivity contribution in [3.63, 3.8) is 0 Å². The van der Waals surface area contributed by atoms with Crippen LogP contribution in [0.5, 0.6) is 0 Å². The van der Waals surface area contributed by atoms with Crippen LogP contribution in [0.15, 0.2) is 97.1 Å². The molecule has 5 unspecified atom stereocenters. The highest BCUT2D eigenvalue weighted by Gasteiger charge is 2.48. The summed E-state index contributed by atoms with van der Waals surface area (Å²) in [4.78, 5) is 102. The minimum atomic E-state index is -1.97. The van der Waals surface area contributed by atoms with Gasteiger partial charge in [-0.3, -0.25) is 33.6 Å². The van der Waals surface area contributed by atoms with Crippen molar-refractivity contribution in [1.29, 1.82) is 0 Å². The van der Waals surface area contributed by atoms with Crippen molar-refractivity contribution in [2.75, 3.05) is 26.8 Å². The molecule has 4 aliphatic rings. The summed E-state index contributed by atoms with van der Waals surface area (Å²) in [5.41, 5.74) is 7.43. The Morgan fingerprint density at radius 1 is 0.613 bits per heavy atom. The fourth-order valence-corrected chi connectivity index (χ4v) is 14.9. The normalized spacial score (nSPS) is 21.9. The highest BCUT2D eigenvalue weighted by molar-refractivity contribution is 6.79. The van der Waals surface area contributed by atoms with E-state index in [-0.39, 0.29) is 72.8 Å². The zero-order chi connectivity index (χ0) is 57.5. The summed E-state index contributed by atoms with van der Waals surface area (Å²) in [6, 6.07) is 27.3. The molecule has 0 bridgehead atoms. The smallest absolute Gasteiger partial charge is 0.251 e. The van der Waals surface area contributed by atoms with Crippen molar-refractivity contribution in [3.8, 4) is 0 Å². The number of amides is 7. The zero-order valence-corrected chi connectivity index (χ0v) is 49.4. The van der Waals surface area contributed by atoms with E-state index in [1.807, 2.05) is 87.5 Å². The molecule has 4 aromatic rings. The molecule has 9 atom stereocenters. The fourth-order valence-electron chi connectivity index (χ4n) is 12.0. The van der Waals surface area contributed by atoms with E-state index in [9.17, 15) is 33.6 Å². The largest absolute Gasteiger partial charge is 0.348 e. The predicted molar refractivity (Wildman–Crippen MR) is 314 cm³/mol. The summed E-state index contributed by atoms with van der Waals surface area (Å²) in [5, 5.41) is 21.6. The summed E-state index contributed by atoms with van der Waals surface area (Å²) in [5.74, 6) is -1.98. The molecular formula is C63H85N9O7Si. The maximum Gasteiger partial charge on any atom is 0.251 e. The van der Waals surface area contributed by atoms with Gasteiger partial charge in [-0.1, -0.05) is 119 Å². The Labute approximate surface area is 474 Å². The first-order chi connectivity index (χ1) is 38.1. The van der Waals surface area contributed by atoms with Gasteiger partial charge in [-0.05, 0) is 148 Å². The second-order valence-corrected chi connectivity index (χ2v) is 29.7. The number of rotatable bonds is 19. The van der Waals surface area contributed by atoms with Gasteiger partial charge < -0.3 is 47.0 Å². The molecule has 0 spiro atoms. The molecule has 8 rings (SSSR count).